The minimum Gasteiger partial charge on any atom is -0.481 e. The number of aromatic nitrogens is 1. The lowest BCUT2D eigenvalue weighted by molar-refractivity contribution is -0.189. The van der Waals surface area contributed by atoms with Crippen LogP contribution in [0.4, 0.5) is 18.3 Å². The Morgan fingerprint density at radius 1 is 1.17 bits per heavy atom. The molecule has 1 aromatic heterocycles. The number of piperazine rings is 1. The minimum atomic E-state index is -4.61. The van der Waals surface area contributed by atoms with Crippen LogP contribution in [-0.4, -0.2) is 68.9 Å². The van der Waals surface area contributed by atoms with Crippen LogP contribution >= 0.6 is 22.9 Å². The number of alkyl halides is 3. The molecule has 1 amide bonds. The molecule has 0 bridgehead atoms. The number of rotatable bonds is 6. The van der Waals surface area contributed by atoms with Gasteiger partial charge in [0.25, 0.3) is 0 Å². The highest BCUT2D eigenvalue weighted by atomic mass is 35.5. The van der Waals surface area contributed by atoms with Gasteiger partial charge in [0, 0.05) is 43.0 Å². The van der Waals surface area contributed by atoms with Gasteiger partial charge in [-0.3, -0.25) is 4.79 Å². The van der Waals surface area contributed by atoms with Crippen molar-refractivity contribution in [3.05, 3.63) is 47.0 Å². The Labute approximate surface area is 215 Å². The number of halogens is 4. The van der Waals surface area contributed by atoms with Crippen LogP contribution in [0.2, 0.25) is 5.02 Å². The molecule has 13 heteroatoms. The summed E-state index contributed by atoms with van der Waals surface area (Å²) in [6, 6.07) is 9.01. The molecule has 4 rings (SSSR count). The average Bonchev–Trinajstić information content (AvgIpc) is 3.22. The number of thiazole rings is 1. The summed E-state index contributed by atoms with van der Waals surface area (Å²) in [6.45, 7) is 2.67. The van der Waals surface area contributed by atoms with E-state index in [0.717, 1.165) is 28.5 Å². The maximum Gasteiger partial charge on any atom is 0.425 e. The number of hydrogen-bond donors (Lipinski definition) is 0. The Hall–Kier alpha value is -2.57. The number of sulfone groups is 1. The summed E-state index contributed by atoms with van der Waals surface area (Å²) in [7, 11) is -3.63. The molecule has 36 heavy (non-hydrogen) atoms. The molecule has 0 spiro atoms. The molecule has 0 N–H and O–H groups in total. The van der Waals surface area contributed by atoms with Crippen molar-refractivity contribution in [2.45, 2.75) is 30.5 Å². The molecule has 1 aliphatic heterocycles. The van der Waals surface area contributed by atoms with Gasteiger partial charge < -0.3 is 14.5 Å². The molecule has 1 atom stereocenters. The first-order valence-corrected chi connectivity index (χ1v) is 14.0. The van der Waals surface area contributed by atoms with E-state index in [9.17, 15) is 26.4 Å². The van der Waals surface area contributed by atoms with Gasteiger partial charge in [-0.25, -0.2) is 13.4 Å². The van der Waals surface area contributed by atoms with Crippen molar-refractivity contribution >= 4 is 54.0 Å². The average molecular weight is 562 g/mol. The highest BCUT2D eigenvalue weighted by Crippen LogP contribution is 2.32. The molecule has 1 saturated heterocycles. The smallest absolute Gasteiger partial charge is 0.425 e. The number of anilines is 1. The van der Waals surface area contributed by atoms with E-state index < -0.39 is 22.1 Å². The van der Waals surface area contributed by atoms with Crippen molar-refractivity contribution in [2.24, 2.45) is 0 Å². The summed E-state index contributed by atoms with van der Waals surface area (Å²) in [6.07, 6.45) is -6.04. The summed E-state index contributed by atoms with van der Waals surface area (Å²) < 4.78 is 69.1. The molecule has 0 radical (unpaired) electrons. The third kappa shape index (κ3) is 6.04. The first kappa shape index (κ1) is 26.5. The van der Waals surface area contributed by atoms with Gasteiger partial charge in [0.1, 0.15) is 5.75 Å². The predicted octanol–water partition coefficient (Wildman–Crippen LogP) is 4.57. The van der Waals surface area contributed by atoms with Crippen LogP contribution in [0.15, 0.2) is 41.3 Å². The Morgan fingerprint density at radius 2 is 1.86 bits per heavy atom. The molecule has 7 nitrogen and oxygen atoms in total. The highest BCUT2D eigenvalue weighted by molar-refractivity contribution is 7.90. The van der Waals surface area contributed by atoms with E-state index >= 15 is 0 Å². The number of amides is 1. The van der Waals surface area contributed by atoms with Gasteiger partial charge >= 0.3 is 6.18 Å². The van der Waals surface area contributed by atoms with Gasteiger partial charge in [-0.2, -0.15) is 13.2 Å². The third-order valence-electron chi connectivity index (χ3n) is 5.81. The fraction of sp³-hybridized carbons (Fsp3) is 0.391. The van der Waals surface area contributed by atoms with E-state index in [1.807, 2.05) is 12.1 Å². The molecule has 2 aromatic carbocycles. The maximum absolute atomic E-state index is 13.0. The van der Waals surface area contributed by atoms with Gasteiger partial charge in [0.2, 0.25) is 5.91 Å². The lowest BCUT2D eigenvalue weighted by Gasteiger charge is -2.34. The number of carbonyl (C=O) groups is 1. The number of carbonyl (C=O) groups excluding carboxylic acids is 1. The second-order valence-electron chi connectivity index (χ2n) is 8.50. The van der Waals surface area contributed by atoms with Crippen LogP contribution in [0.5, 0.6) is 5.75 Å². The second-order valence-corrected chi connectivity index (χ2v) is 12.0. The molecule has 3 aromatic rings. The summed E-state index contributed by atoms with van der Waals surface area (Å²) in [5, 5.41) is 1.44. The molecule has 1 aliphatic rings. The first-order valence-electron chi connectivity index (χ1n) is 11.0. The standard InChI is InChI=1S/C23H23ClF3N3O4S2/c1-14(23(25,26)27)34-19-6-4-17(36(2,32)33)11-15(19)12-21(31)29-7-9-30(10-8-29)22-28-18-5-3-16(24)13-20(18)35-22/h3-6,11,13-14H,7-10,12H2,1-2H3/t14-/m0/s1. The summed E-state index contributed by atoms with van der Waals surface area (Å²) >= 11 is 7.56. The summed E-state index contributed by atoms with van der Waals surface area (Å²) in [5.74, 6) is -0.506. The van der Waals surface area contributed by atoms with Crippen molar-refractivity contribution in [3.8, 4) is 5.75 Å². The van der Waals surface area contributed by atoms with Gasteiger partial charge in [-0.05, 0) is 43.3 Å². The predicted molar refractivity (Wildman–Crippen MR) is 133 cm³/mol. The van der Waals surface area contributed by atoms with Crippen LogP contribution < -0.4 is 9.64 Å². The largest absolute Gasteiger partial charge is 0.481 e. The van der Waals surface area contributed by atoms with Crippen molar-refractivity contribution in [1.29, 1.82) is 0 Å². The zero-order valence-electron chi connectivity index (χ0n) is 19.4. The zero-order chi connectivity index (χ0) is 26.3. The molecular weight excluding hydrogens is 539 g/mol. The van der Waals surface area contributed by atoms with E-state index in [1.165, 1.54) is 29.5 Å². The van der Waals surface area contributed by atoms with Crippen molar-refractivity contribution < 1.29 is 31.1 Å². The van der Waals surface area contributed by atoms with E-state index in [-0.39, 0.29) is 28.5 Å². The first-order chi connectivity index (χ1) is 16.8. The van der Waals surface area contributed by atoms with Crippen LogP contribution in [0.3, 0.4) is 0 Å². The SMILES string of the molecule is C[C@H](Oc1ccc(S(C)(=O)=O)cc1CC(=O)N1CCN(c2nc3ccc(Cl)cc3s2)CC1)C(F)(F)F. The van der Waals surface area contributed by atoms with Crippen molar-refractivity contribution in [2.75, 3.05) is 37.3 Å². The Kier molecular flexibility index (Phi) is 7.40. The fourth-order valence-electron chi connectivity index (χ4n) is 3.74. The highest BCUT2D eigenvalue weighted by Gasteiger charge is 2.38. The van der Waals surface area contributed by atoms with Crippen molar-refractivity contribution in [3.63, 3.8) is 0 Å². The zero-order valence-corrected chi connectivity index (χ0v) is 21.8. The monoisotopic (exact) mass is 561 g/mol. The molecule has 2 heterocycles. The van der Waals surface area contributed by atoms with Crippen LogP contribution in [-0.2, 0) is 21.1 Å². The quantitative estimate of drug-likeness (QED) is 0.438. The number of fused-ring (bicyclic) bond motifs is 1. The number of nitrogens with zero attached hydrogens (tertiary/aromatic N) is 3. The molecule has 1 fully saturated rings. The third-order valence-corrected chi connectivity index (χ3v) is 8.23. The summed E-state index contributed by atoms with van der Waals surface area (Å²) in [4.78, 5) is 21.2. The van der Waals surface area contributed by atoms with E-state index in [2.05, 4.69) is 9.88 Å². The number of hydrogen-bond acceptors (Lipinski definition) is 7. The van der Waals surface area contributed by atoms with Crippen LogP contribution in [0.1, 0.15) is 12.5 Å². The van der Waals surface area contributed by atoms with Gasteiger partial charge in [-0.15, -0.1) is 0 Å². The lowest BCUT2D eigenvalue weighted by Crippen LogP contribution is -2.49. The van der Waals surface area contributed by atoms with Gasteiger partial charge in [0.05, 0.1) is 21.5 Å². The number of ether oxygens (including phenoxy) is 1. The van der Waals surface area contributed by atoms with Gasteiger partial charge in [-0.1, -0.05) is 22.9 Å². The van der Waals surface area contributed by atoms with Crippen molar-refractivity contribution in [1.82, 2.24) is 9.88 Å². The van der Waals surface area contributed by atoms with Crippen LogP contribution in [0.25, 0.3) is 10.2 Å². The van der Waals surface area contributed by atoms with Gasteiger partial charge in [0.15, 0.2) is 21.1 Å². The Bertz CT molecular complexity index is 1390. The minimum absolute atomic E-state index is 0.0875. The lowest BCUT2D eigenvalue weighted by atomic mass is 10.1. The van der Waals surface area contributed by atoms with E-state index in [0.29, 0.717) is 31.2 Å². The molecule has 0 saturated carbocycles. The molecule has 194 valence electrons. The normalized spacial score (nSPS) is 15.8. The molecule has 0 unspecified atom stereocenters. The van der Waals surface area contributed by atoms with E-state index in [4.69, 9.17) is 16.3 Å². The summed E-state index contributed by atoms with van der Waals surface area (Å²) in [5.41, 5.74) is 0.925. The Balaban J connectivity index is 1.47. The topological polar surface area (TPSA) is 79.8 Å². The number of benzene rings is 2. The Morgan fingerprint density at radius 3 is 2.50 bits per heavy atom. The second kappa shape index (κ2) is 10.1. The molecule has 0 aliphatic carbocycles. The maximum atomic E-state index is 13.0. The van der Waals surface area contributed by atoms with Crippen LogP contribution in [0, 0.1) is 0 Å². The fourth-order valence-corrected chi connectivity index (χ4v) is 5.71. The molecular formula is C23H23ClF3N3O4S2. The van der Waals surface area contributed by atoms with E-state index in [1.54, 1.807) is 11.0 Å².